The Morgan fingerprint density at radius 3 is 2.24 bits per heavy atom. The molecular formula is C26H35N3O4S. The first-order valence-electron chi connectivity index (χ1n) is 11.7. The summed E-state index contributed by atoms with van der Waals surface area (Å²) in [6.07, 6.45) is 5.15. The zero-order chi connectivity index (χ0) is 24.9. The van der Waals surface area contributed by atoms with Crippen molar-refractivity contribution in [1.82, 2.24) is 10.2 Å². The lowest BCUT2D eigenvalue weighted by atomic mass is 10.1. The van der Waals surface area contributed by atoms with Gasteiger partial charge in [0.25, 0.3) is 0 Å². The molecule has 1 aliphatic carbocycles. The average molecular weight is 486 g/mol. The van der Waals surface area contributed by atoms with Crippen LogP contribution in [0.1, 0.15) is 49.3 Å². The molecule has 0 radical (unpaired) electrons. The molecule has 0 aliphatic heterocycles. The van der Waals surface area contributed by atoms with Gasteiger partial charge in [-0.15, -0.1) is 0 Å². The first-order chi connectivity index (χ1) is 16.1. The number of benzene rings is 2. The van der Waals surface area contributed by atoms with Gasteiger partial charge in [-0.25, -0.2) is 8.42 Å². The zero-order valence-electron chi connectivity index (χ0n) is 20.5. The Morgan fingerprint density at radius 2 is 1.65 bits per heavy atom. The van der Waals surface area contributed by atoms with Gasteiger partial charge < -0.3 is 10.2 Å². The minimum Gasteiger partial charge on any atom is -0.352 e. The monoisotopic (exact) mass is 485 g/mol. The van der Waals surface area contributed by atoms with Crippen molar-refractivity contribution in [1.29, 1.82) is 0 Å². The van der Waals surface area contributed by atoms with Crippen molar-refractivity contribution < 1.29 is 18.0 Å². The topological polar surface area (TPSA) is 86.8 Å². The predicted molar refractivity (Wildman–Crippen MR) is 135 cm³/mol. The molecule has 1 N–H and O–H groups in total. The number of anilines is 1. The summed E-state index contributed by atoms with van der Waals surface area (Å²) in [5.74, 6) is -0.640. The number of amides is 2. The first kappa shape index (κ1) is 25.7. The van der Waals surface area contributed by atoms with E-state index in [2.05, 4.69) is 5.32 Å². The Labute approximate surface area is 203 Å². The molecule has 1 saturated carbocycles. The molecule has 2 amide bonds. The number of sulfonamides is 1. The van der Waals surface area contributed by atoms with Crippen molar-refractivity contribution in [2.45, 2.75) is 65.1 Å². The van der Waals surface area contributed by atoms with Crippen LogP contribution in [0.2, 0.25) is 0 Å². The predicted octanol–water partition coefficient (Wildman–Crippen LogP) is 3.55. The average Bonchev–Trinajstić information content (AvgIpc) is 3.29. The van der Waals surface area contributed by atoms with E-state index in [-0.39, 0.29) is 25.0 Å². The van der Waals surface area contributed by atoms with E-state index in [4.69, 9.17) is 0 Å². The van der Waals surface area contributed by atoms with Gasteiger partial charge in [0.1, 0.15) is 12.6 Å². The van der Waals surface area contributed by atoms with E-state index < -0.39 is 22.0 Å². The second-order valence-electron chi connectivity index (χ2n) is 9.22. The SMILES string of the molecule is Cc1ccc(N(CC(=O)N(Cc2ccccc2C)C(C)C(=O)NC2CCCC2)S(C)(=O)=O)cc1. The number of carbonyl (C=O) groups is 2. The molecule has 1 aliphatic rings. The number of nitrogens with zero attached hydrogens (tertiary/aromatic N) is 2. The van der Waals surface area contributed by atoms with Gasteiger partial charge in [0.2, 0.25) is 21.8 Å². The molecule has 2 aromatic rings. The van der Waals surface area contributed by atoms with Crippen LogP contribution in [0.4, 0.5) is 5.69 Å². The molecule has 8 heteroatoms. The molecule has 1 fully saturated rings. The summed E-state index contributed by atoms with van der Waals surface area (Å²) < 4.78 is 26.3. The van der Waals surface area contributed by atoms with Gasteiger partial charge in [0, 0.05) is 12.6 Å². The number of carbonyl (C=O) groups excluding carboxylic acids is 2. The maximum atomic E-state index is 13.6. The summed E-state index contributed by atoms with van der Waals surface area (Å²) in [5, 5.41) is 3.07. The Bertz CT molecular complexity index is 1110. The fraction of sp³-hybridized carbons (Fsp3) is 0.462. The highest BCUT2D eigenvalue weighted by atomic mass is 32.2. The van der Waals surface area contributed by atoms with Crippen LogP contribution in [-0.4, -0.2) is 50.0 Å². The van der Waals surface area contributed by atoms with Gasteiger partial charge in [-0.05, 0) is 56.9 Å². The molecule has 1 unspecified atom stereocenters. The molecule has 0 heterocycles. The third-order valence-corrected chi connectivity index (χ3v) is 7.61. The molecule has 0 aromatic heterocycles. The molecule has 0 bridgehead atoms. The molecule has 3 rings (SSSR count). The van der Waals surface area contributed by atoms with E-state index in [0.29, 0.717) is 5.69 Å². The minimum absolute atomic E-state index is 0.130. The van der Waals surface area contributed by atoms with Gasteiger partial charge in [0.15, 0.2) is 0 Å². The van der Waals surface area contributed by atoms with Gasteiger partial charge in [-0.1, -0.05) is 54.8 Å². The van der Waals surface area contributed by atoms with Crippen molar-refractivity contribution >= 4 is 27.5 Å². The smallest absolute Gasteiger partial charge is 0.244 e. The summed E-state index contributed by atoms with van der Waals surface area (Å²) in [6.45, 7) is 5.41. The molecule has 184 valence electrons. The first-order valence-corrected chi connectivity index (χ1v) is 13.6. The summed E-state index contributed by atoms with van der Waals surface area (Å²) in [5.41, 5.74) is 3.32. The number of hydrogen-bond donors (Lipinski definition) is 1. The summed E-state index contributed by atoms with van der Waals surface area (Å²) in [4.78, 5) is 28.1. The number of hydrogen-bond acceptors (Lipinski definition) is 4. The Morgan fingerprint density at radius 1 is 1.03 bits per heavy atom. The number of nitrogens with one attached hydrogen (secondary N) is 1. The highest BCUT2D eigenvalue weighted by Crippen LogP contribution is 2.21. The summed E-state index contributed by atoms with van der Waals surface area (Å²) in [7, 11) is -3.72. The highest BCUT2D eigenvalue weighted by molar-refractivity contribution is 7.92. The second-order valence-corrected chi connectivity index (χ2v) is 11.1. The number of rotatable bonds is 9. The Hall–Kier alpha value is -2.87. The lowest BCUT2D eigenvalue weighted by molar-refractivity contribution is -0.139. The molecule has 1 atom stereocenters. The van der Waals surface area contributed by atoms with Crippen LogP contribution < -0.4 is 9.62 Å². The lowest BCUT2D eigenvalue weighted by Crippen LogP contribution is -2.52. The van der Waals surface area contributed by atoms with Crippen LogP contribution in [0.25, 0.3) is 0 Å². The van der Waals surface area contributed by atoms with Crippen LogP contribution in [0, 0.1) is 13.8 Å². The second kappa shape index (κ2) is 11.0. The van der Waals surface area contributed by atoms with E-state index in [9.17, 15) is 18.0 Å². The van der Waals surface area contributed by atoms with Crippen molar-refractivity contribution in [2.24, 2.45) is 0 Å². The molecule has 0 saturated heterocycles. The Balaban J connectivity index is 1.88. The Kier molecular flexibility index (Phi) is 8.36. The van der Waals surface area contributed by atoms with E-state index in [0.717, 1.165) is 52.9 Å². The van der Waals surface area contributed by atoms with Crippen molar-refractivity contribution in [3.63, 3.8) is 0 Å². The van der Waals surface area contributed by atoms with Crippen LogP contribution in [-0.2, 0) is 26.2 Å². The summed E-state index contributed by atoms with van der Waals surface area (Å²) in [6, 6.07) is 14.1. The van der Waals surface area contributed by atoms with E-state index >= 15 is 0 Å². The van der Waals surface area contributed by atoms with E-state index in [1.165, 1.54) is 4.90 Å². The minimum atomic E-state index is -3.72. The maximum Gasteiger partial charge on any atom is 0.244 e. The fourth-order valence-corrected chi connectivity index (χ4v) is 5.12. The van der Waals surface area contributed by atoms with Gasteiger partial charge in [0.05, 0.1) is 11.9 Å². The maximum absolute atomic E-state index is 13.6. The standard InChI is InChI=1S/C26H35N3O4S/c1-19-13-15-24(16-14-19)29(34(4,32)33)18-25(30)28(17-22-10-6-5-9-20(22)2)21(3)26(31)27-23-11-7-8-12-23/h5-6,9-10,13-16,21,23H,7-8,11-12,17-18H2,1-4H3,(H,27,31). The quantitative estimate of drug-likeness (QED) is 0.589. The van der Waals surface area contributed by atoms with Gasteiger partial charge in [-0.3, -0.25) is 13.9 Å². The summed E-state index contributed by atoms with van der Waals surface area (Å²) >= 11 is 0. The third kappa shape index (κ3) is 6.59. The normalized spacial score (nSPS) is 15.1. The van der Waals surface area contributed by atoms with Crippen molar-refractivity contribution in [2.75, 3.05) is 17.1 Å². The fourth-order valence-electron chi connectivity index (χ4n) is 4.27. The van der Waals surface area contributed by atoms with Crippen LogP contribution in [0.15, 0.2) is 48.5 Å². The molecular weight excluding hydrogens is 450 g/mol. The van der Waals surface area contributed by atoms with Crippen LogP contribution >= 0.6 is 0 Å². The van der Waals surface area contributed by atoms with Crippen LogP contribution in [0.5, 0.6) is 0 Å². The van der Waals surface area contributed by atoms with E-state index in [1.54, 1.807) is 31.2 Å². The highest BCUT2D eigenvalue weighted by Gasteiger charge is 2.31. The zero-order valence-corrected chi connectivity index (χ0v) is 21.3. The van der Waals surface area contributed by atoms with Crippen molar-refractivity contribution in [3.05, 3.63) is 65.2 Å². The molecule has 7 nitrogen and oxygen atoms in total. The third-order valence-electron chi connectivity index (χ3n) is 6.47. The largest absolute Gasteiger partial charge is 0.352 e. The number of aryl methyl sites for hydroxylation is 2. The van der Waals surface area contributed by atoms with Crippen LogP contribution in [0.3, 0.4) is 0 Å². The molecule has 34 heavy (non-hydrogen) atoms. The lowest BCUT2D eigenvalue weighted by Gasteiger charge is -2.32. The molecule has 0 spiro atoms. The van der Waals surface area contributed by atoms with Gasteiger partial charge >= 0.3 is 0 Å². The molecule has 2 aromatic carbocycles. The van der Waals surface area contributed by atoms with E-state index in [1.807, 2.05) is 38.1 Å². The van der Waals surface area contributed by atoms with Crippen molar-refractivity contribution in [3.8, 4) is 0 Å². The van der Waals surface area contributed by atoms with Gasteiger partial charge in [-0.2, -0.15) is 0 Å².